The van der Waals surface area contributed by atoms with Gasteiger partial charge in [0.1, 0.15) is 5.82 Å². The average Bonchev–Trinajstić information content (AvgIpc) is 3.20. The van der Waals surface area contributed by atoms with Crippen molar-refractivity contribution in [1.82, 2.24) is 10.3 Å². The Morgan fingerprint density at radius 1 is 1.03 bits per heavy atom. The number of rotatable bonds is 5. The smallest absolute Gasteiger partial charge is 0.340 e. The summed E-state index contributed by atoms with van der Waals surface area (Å²) in [6.07, 6.45) is -3.05. The first-order valence-electron chi connectivity index (χ1n) is 9.67. The summed E-state index contributed by atoms with van der Waals surface area (Å²) in [6.45, 7) is 1.13. The second-order valence-corrected chi connectivity index (χ2v) is 6.99. The van der Waals surface area contributed by atoms with Crippen LogP contribution in [-0.4, -0.2) is 30.0 Å². The lowest BCUT2D eigenvalue weighted by Crippen LogP contribution is -2.27. The first kappa shape index (κ1) is 21.2. The molecule has 3 aromatic rings. The molecule has 0 aliphatic carbocycles. The number of carbonyl (C=O) groups excluding carboxylic acids is 2. The summed E-state index contributed by atoms with van der Waals surface area (Å²) in [5, 5.41) is 8.23. The molecule has 4 rings (SSSR count). The minimum atomic E-state index is -4.48. The molecule has 3 N–H and O–H groups in total. The van der Waals surface area contributed by atoms with Crippen LogP contribution in [0.3, 0.4) is 0 Å². The van der Waals surface area contributed by atoms with Crippen LogP contribution >= 0.6 is 0 Å². The molecule has 1 saturated heterocycles. The van der Waals surface area contributed by atoms with Gasteiger partial charge in [0, 0.05) is 36.3 Å². The second kappa shape index (κ2) is 8.58. The Balaban J connectivity index is 1.50. The number of urea groups is 1. The van der Waals surface area contributed by atoms with Gasteiger partial charge in [-0.2, -0.15) is 13.2 Å². The van der Waals surface area contributed by atoms with Crippen molar-refractivity contribution in [3.8, 4) is 0 Å². The molecule has 1 aliphatic heterocycles. The number of nitrogens with zero attached hydrogens (tertiary/aromatic N) is 2. The van der Waals surface area contributed by atoms with E-state index in [1.165, 1.54) is 24.4 Å². The highest BCUT2D eigenvalue weighted by atomic mass is 19.4. The molecular weight excluding hydrogens is 423 g/mol. The third-order valence-electron chi connectivity index (χ3n) is 4.80. The molecule has 1 fully saturated rings. The van der Waals surface area contributed by atoms with Crippen LogP contribution in [0, 0.1) is 0 Å². The molecule has 10 heteroatoms. The van der Waals surface area contributed by atoms with E-state index in [0.717, 1.165) is 12.1 Å². The number of halogens is 3. The van der Waals surface area contributed by atoms with Gasteiger partial charge in [0.05, 0.1) is 11.1 Å². The van der Waals surface area contributed by atoms with Gasteiger partial charge in [0.25, 0.3) is 5.91 Å². The van der Waals surface area contributed by atoms with Gasteiger partial charge in [-0.25, -0.2) is 9.78 Å². The lowest BCUT2D eigenvalue weighted by atomic mass is 10.1. The third kappa shape index (κ3) is 4.64. The zero-order chi connectivity index (χ0) is 22.7. The van der Waals surface area contributed by atoms with Crippen LogP contribution in [0.15, 0.2) is 66.9 Å². The van der Waals surface area contributed by atoms with Crippen LogP contribution in [0.4, 0.5) is 40.8 Å². The number of anilines is 4. The van der Waals surface area contributed by atoms with Gasteiger partial charge in [-0.15, -0.1) is 0 Å². The van der Waals surface area contributed by atoms with E-state index in [1.54, 1.807) is 35.2 Å². The van der Waals surface area contributed by atoms with Gasteiger partial charge in [0.15, 0.2) is 0 Å². The van der Waals surface area contributed by atoms with E-state index < -0.39 is 17.6 Å². The molecule has 0 saturated carbocycles. The molecule has 1 aliphatic rings. The number of carbonyl (C=O) groups is 2. The molecule has 2 heterocycles. The molecular formula is C22H18F3N5O2. The van der Waals surface area contributed by atoms with Gasteiger partial charge in [-0.1, -0.05) is 6.07 Å². The number of hydrogen-bond acceptors (Lipinski definition) is 4. The largest absolute Gasteiger partial charge is 0.416 e. The van der Waals surface area contributed by atoms with Gasteiger partial charge >= 0.3 is 12.2 Å². The number of amides is 3. The van der Waals surface area contributed by atoms with Gasteiger partial charge in [-0.05, 0) is 54.6 Å². The summed E-state index contributed by atoms with van der Waals surface area (Å²) in [5.74, 6) is -0.367. The van der Waals surface area contributed by atoms with Crippen molar-refractivity contribution in [2.24, 2.45) is 0 Å². The lowest BCUT2D eigenvalue weighted by Gasteiger charge is -2.15. The van der Waals surface area contributed by atoms with Crippen molar-refractivity contribution < 1.29 is 22.8 Å². The van der Waals surface area contributed by atoms with Crippen molar-refractivity contribution in [3.63, 3.8) is 0 Å². The number of pyridine rings is 1. The molecule has 3 amide bonds. The fraction of sp³-hybridized carbons (Fsp3) is 0.136. The van der Waals surface area contributed by atoms with Crippen molar-refractivity contribution in [1.29, 1.82) is 0 Å². The van der Waals surface area contributed by atoms with E-state index in [9.17, 15) is 22.8 Å². The fourth-order valence-electron chi connectivity index (χ4n) is 3.24. The number of nitrogens with one attached hydrogen (secondary N) is 3. The van der Waals surface area contributed by atoms with Crippen molar-refractivity contribution >= 4 is 34.8 Å². The van der Waals surface area contributed by atoms with Gasteiger partial charge < -0.3 is 16.0 Å². The molecule has 1 aromatic heterocycles. The Morgan fingerprint density at radius 3 is 2.50 bits per heavy atom. The second-order valence-electron chi connectivity index (χ2n) is 6.99. The Labute approximate surface area is 181 Å². The van der Waals surface area contributed by atoms with E-state index in [4.69, 9.17) is 0 Å². The summed E-state index contributed by atoms with van der Waals surface area (Å²) in [5.41, 5.74) is 0.698. The number of hydrogen-bond donors (Lipinski definition) is 3. The summed E-state index contributed by atoms with van der Waals surface area (Å²) < 4.78 is 38.9. The maximum absolute atomic E-state index is 13.0. The van der Waals surface area contributed by atoms with Gasteiger partial charge in [0.2, 0.25) is 0 Å². The predicted octanol–water partition coefficient (Wildman–Crippen LogP) is 4.63. The molecule has 0 atom stereocenters. The van der Waals surface area contributed by atoms with Crippen LogP contribution in [-0.2, 0) is 6.18 Å². The molecule has 2 aromatic carbocycles. The van der Waals surface area contributed by atoms with E-state index in [1.807, 2.05) is 0 Å². The van der Waals surface area contributed by atoms with Crippen molar-refractivity contribution in [2.45, 2.75) is 6.18 Å². The molecule has 0 spiro atoms. The monoisotopic (exact) mass is 441 g/mol. The van der Waals surface area contributed by atoms with Crippen LogP contribution in [0.2, 0.25) is 0 Å². The lowest BCUT2D eigenvalue weighted by molar-refractivity contribution is -0.137. The molecule has 7 nitrogen and oxygen atoms in total. The van der Waals surface area contributed by atoms with E-state index in [2.05, 4.69) is 20.9 Å². The van der Waals surface area contributed by atoms with Crippen molar-refractivity contribution in [2.75, 3.05) is 28.6 Å². The van der Waals surface area contributed by atoms with Crippen LogP contribution in [0.1, 0.15) is 15.9 Å². The zero-order valence-corrected chi connectivity index (χ0v) is 16.6. The highest BCUT2D eigenvalue weighted by Crippen LogP contribution is 2.31. The van der Waals surface area contributed by atoms with E-state index in [-0.39, 0.29) is 23.1 Å². The Kier molecular flexibility index (Phi) is 5.67. The Bertz CT molecular complexity index is 1150. The van der Waals surface area contributed by atoms with Gasteiger partial charge in [-0.3, -0.25) is 9.69 Å². The highest BCUT2D eigenvalue weighted by molar-refractivity contribution is 6.08. The van der Waals surface area contributed by atoms with Crippen LogP contribution in [0.5, 0.6) is 0 Å². The van der Waals surface area contributed by atoms with E-state index in [0.29, 0.717) is 24.5 Å². The third-order valence-corrected chi connectivity index (χ3v) is 4.80. The zero-order valence-electron chi connectivity index (χ0n) is 16.6. The summed E-state index contributed by atoms with van der Waals surface area (Å²) >= 11 is 0. The first-order valence-corrected chi connectivity index (χ1v) is 9.67. The Morgan fingerprint density at radius 2 is 1.81 bits per heavy atom. The van der Waals surface area contributed by atoms with Crippen LogP contribution in [0.25, 0.3) is 0 Å². The van der Waals surface area contributed by atoms with Crippen LogP contribution < -0.4 is 20.9 Å². The minimum absolute atomic E-state index is 0.120. The predicted molar refractivity (Wildman–Crippen MR) is 114 cm³/mol. The highest BCUT2D eigenvalue weighted by Gasteiger charge is 2.30. The quantitative estimate of drug-likeness (QED) is 0.539. The van der Waals surface area contributed by atoms with E-state index >= 15 is 0 Å². The summed E-state index contributed by atoms with van der Waals surface area (Å²) in [7, 11) is 0. The number of aromatic nitrogens is 1. The maximum Gasteiger partial charge on any atom is 0.416 e. The molecule has 0 unspecified atom stereocenters. The number of alkyl halides is 3. The standard InChI is InChI=1S/C22H18F3N5O2/c23-22(24,25)14-3-1-4-16(13-14)28-19-18(5-2-10-26-19)20(31)29-15-6-8-17(9-7-15)30-12-11-27-21(30)32/h1-10,13H,11-12H2,(H,26,28)(H,27,32)(H,29,31). The fourth-order valence-corrected chi connectivity index (χ4v) is 3.24. The normalized spacial score (nSPS) is 13.6. The summed E-state index contributed by atoms with van der Waals surface area (Å²) in [6, 6.07) is 14.3. The average molecular weight is 441 g/mol. The Hall–Kier alpha value is -4.08. The van der Waals surface area contributed by atoms with Crippen molar-refractivity contribution in [3.05, 3.63) is 78.0 Å². The first-order chi connectivity index (χ1) is 15.3. The molecule has 0 radical (unpaired) electrons. The summed E-state index contributed by atoms with van der Waals surface area (Å²) in [4.78, 5) is 30.2. The molecule has 164 valence electrons. The number of benzene rings is 2. The SMILES string of the molecule is O=C(Nc1ccc(N2CCNC2=O)cc1)c1cccnc1Nc1cccc(C(F)(F)F)c1. The maximum atomic E-state index is 13.0. The molecule has 32 heavy (non-hydrogen) atoms. The molecule has 0 bridgehead atoms. The minimum Gasteiger partial charge on any atom is -0.340 e. The topological polar surface area (TPSA) is 86.4 Å².